The van der Waals surface area contributed by atoms with E-state index in [1.807, 2.05) is 17.0 Å². The number of carbonyl (C=O) groups is 2. The van der Waals surface area contributed by atoms with Gasteiger partial charge in [-0.3, -0.25) is 9.59 Å². The number of aryl methyl sites for hydroxylation is 1. The van der Waals surface area contributed by atoms with Crippen LogP contribution in [0.25, 0.3) is 0 Å². The quantitative estimate of drug-likeness (QED) is 0.287. The molecule has 2 aliphatic rings. The number of nitrogens with zero attached hydrogens (tertiary/aromatic N) is 1. The summed E-state index contributed by atoms with van der Waals surface area (Å²) in [6.07, 6.45) is 5.52. The third-order valence-corrected chi connectivity index (χ3v) is 7.08. The molecule has 5 rings (SSSR count). The number of ketones is 1. The predicted octanol–water partition coefficient (Wildman–Crippen LogP) is 5.87. The second-order valence-electron chi connectivity index (χ2n) is 9.43. The average molecular weight is 489 g/mol. The van der Waals surface area contributed by atoms with Crippen LogP contribution in [0.5, 0.6) is 0 Å². The van der Waals surface area contributed by atoms with E-state index in [1.54, 1.807) is 0 Å². The number of anilines is 1. The minimum atomic E-state index is 0. The molecule has 0 aromatic heterocycles. The second kappa shape index (κ2) is 11.7. The van der Waals surface area contributed by atoms with Gasteiger partial charge in [0, 0.05) is 31.0 Å². The van der Waals surface area contributed by atoms with Crippen LogP contribution >= 0.6 is 12.4 Å². The highest BCUT2D eigenvalue weighted by molar-refractivity contribution is 6.02. The van der Waals surface area contributed by atoms with E-state index in [0.717, 1.165) is 56.4 Å². The van der Waals surface area contributed by atoms with Crippen molar-refractivity contribution in [3.8, 4) is 0 Å². The van der Waals surface area contributed by atoms with E-state index in [-0.39, 0.29) is 30.1 Å². The van der Waals surface area contributed by atoms with Gasteiger partial charge in [-0.15, -0.1) is 12.4 Å². The first-order chi connectivity index (χ1) is 16.7. The van der Waals surface area contributed by atoms with E-state index in [4.69, 9.17) is 0 Å². The van der Waals surface area contributed by atoms with Crippen molar-refractivity contribution in [1.29, 1.82) is 0 Å². The third kappa shape index (κ3) is 5.83. The molecule has 0 bridgehead atoms. The molecule has 2 heterocycles. The summed E-state index contributed by atoms with van der Waals surface area (Å²) in [4.78, 5) is 27.0. The lowest BCUT2D eigenvalue weighted by Gasteiger charge is -2.25. The Balaban J connectivity index is 0.00000289. The van der Waals surface area contributed by atoms with Crippen LogP contribution in [0.1, 0.15) is 64.3 Å². The fourth-order valence-corrected chi connectivity index (χ4v) is 5.29. The summed E-state index contributed by atoms with van der Waals surface area (Å²) < 4.78 is 0. The molecule has 0 saturated carbocycles. The number of Topliss-reactive ketones (excluding diaryl/α,β-unsaturated/α-hetero) is 1. The van der Waals surface area contributed by atoms with E-state index in [9.17, 15) is 9.59 Å². The van der Waals surface area contributed by atoms with Crippen LogP contribution in [-0.2, 0) is 24.1 Å². The average Bonchev–Trinajstić information content (AvgIpc) is 3.32. The summed E-state index contributed by atoms with van der Waals surface area (Å²) in [7, 11) is 0. The van der Waals surface area contributed by atoms with Crippen LogP contribution < -0.4 is 10.2 Å². The topological polar surface area (TPSA) is 49.4 Å². The van der Waals surface area contributed by atoms with E-state index < -0.39 is 0 Å². The van der Waals surface area contributed by atoms with Gasteiger partial charge in [-0.25, -0.2) is 0 Å². The SMILES string of the molecule is Cl.O=C(CCCCNC(Cc1ccccc1)c1ccccc1)c1cc2c3c(c1)CCN3C(=O)CC2. The zero-order chi connectivity index (χ0) is 23.3. The van der Waals surface area contributed by atoms with Gasteiger partial charge in [0.25, 0.3) is 0 Å². The first-order valence-corrected chi connectivity index (χ1v) is 12.5. The number of benzene rings is 3. The fraction of sp³-hybridized carbons (Fsp3) is 0.333. The Bertz CT molecular complexity index is 1160. The molecule has 1 atom stereocenters. The van der Waals surface area contributed by atoms with Crippen LogP contribution in [0.2, 0.25) is 0 Å². The first kappa shape index (κ1) is 25.2. The van der Waals surface area contributed by atoms with Gasteiger partial charge >= 0.3 is 0 Å². The molecule has 0 saturated heterocycles. The van der Waals surface area contributed by atoms with Gasteiger partial charge in [-0.05, 0) is 73.0 Å². The molecule has 0 radical (unpaired) electrons. The Hall–Kier alpha value is -2.95. The van der Waals surface area contributed by atoms with E-state index in [1.165, 1.54) is 22.3 Å². The Morgan fingerprint density at radius 3 is 2.31 bits per heavy atom. The molecule has 0 spiro atoms. The molecule has 182 valence electrons. The molecule has 4 nitrogen and oxygen atoms in total. The third-order valence-electron chi connectivity index (χ3n) is 7.08. The monoisotopic (exact) mass is 488 g/mol. The van der Waals surface area contributed by atoms with Crippen molar-refractivity contribution in [2.24, 2.45) is 0 Å². The minimum absolute atomic E-state index is 0. The molecule has 1 N–H and O–H groups in total. The molecule has 1 amide bonds. The molecule has 3 aromatic carbocycles. The Kier molecular flexibility index (Phi) is 8.37. The van der Waals surface area contributed by atoms with Gasteiger partial charge in [0.15, 0.2) is 5.78 Å². The summed E-state index contributed by atoms with van der Waals surface area (Å²) in [6, 6.07) is 25.5. The molecule has 2 aliphatic heterocycles. The van der Waals surface area contributed by atoms with E-state index in [2.05, 4.69) is 66.0 Å². The Morgan fingerprint density at radius 1 is 0.886 bits per heavy atom. The van der Waals surface area contributed by atoms with Crippen molar-refractivity contribution in [1.82, 2.24) is 5.32 Å². The van der Waals surface area contributed by atoms with E-state index in [0.29, 0.717) is 12.8 Å². The number of unbranched alkanes of at least 4 members (excludes halogenated alkanes) is 1. The summed E-state index contributed by atoms with van der Waals surface area (Å²) in [5.41, 5.74) is 6.86. The number of rotatable bonds is 10. The lowest BCUT2D eigenvalue weighted by atomic mass is 9.94. The number of carbonyl (C=O) groups excluding carboxylic acids is 2. The van der Waals surface area contributed by atoms with Gasteiger partial charge in [0.2, 0.25) is 5.91 Å². The standard InChI is InChI=1S/C30H32N2O2.ClH/c33-28(26-20-24-14-15-29(34)32-18-16-25(21-26)30(24)32)13-7-8-17-31-27(23-11-5-2-6-12-23)19-22-9-3-1-4-10-22;/h1-6,9-12,20-21,27,31H,7-8,13-19H2;1H. The zero-order valence-corrected chi connectivity index (χ0v) is 20.9. The number of hydrogen-bond acceptors (Lipinski definition) is 3. The fourth-order valence-electron chi connectivity index (χ4n) is 5.29. The molecular formula is C30H33ClN2O2. The minimum Gasteiger partial charge on any atom is -0.312 e. The number of nitrogens with one attached hydrogen (secondary N) is 1. The smallest absolute Gasteiger partial charge is 0.227 e. The van der Waals surface area contributed by atoms with Crippen LogP contribution in [0.4, 0.5) is 5.69 Å². The van der Waals surface area contributed by atoms with Crippen LogP contribution in [0.3, 0.4) is 0 Å². The van der Waals surface area contributed by atoms with Crippen LogP contribution in [0.15, 0.2) is 72.8 Å². The van der Waals surface area contributed by atoms with Gasteiger partial charge < -0.3 is 10.2 Å². The number of hydrogen-bond donors (Lipinski definition) is 1. The van der Waals surface area contributed by atoms with Gasteiger partial charge in [-0.1, -0.05) is 60.7 Å². The predicted molar refractivity (Wildman–Crippen MR) is 144 cm³/mol. The molecule has 0 aliphatic carbocycles. The summed E-state index contributed by atoms with van der Waals surface area (Å²) in [5, 5.41) is 3.72. The maximum atomic E-state index is 12.9. The molecule has 5 heteroatoms. The van der Waals surface area contributed by atoms with E-state index >= 15 is 0 Å². The van der Waals surface area contributed by atoms with Crippen molar-refractivity contribution in [2.45, 2.75) is 51.0 Å². The summed E-state index contributed by atoms with van der Waals surface area (Å²) >= 11 is 0. The summed E-state index contributed by atoms with van der Waals surface area (Å²) in [5.74, 6) is 0.442. The maximum absolute atomic E-state index is 12.9. The molecule has 3 aromatic rings. The second-order valence-corrected chi connectivity index (χ2v) is 9.43. The molecule has 1 unspecified atom stereocenters. The van der Waals surface area contributed by atoms with Crippen molar-refractivity contribution in [3.05, 3.63) is 101 Å². The van der Waals surface area contributed by atoms with Crippen LogP contribution in [0, 0.1) is 0 Å². The molecule has 0 fully saturated rings. The maximum Gasteiger partial charge on any atom is 0.227 e. The van der Waals surface area contributed by atoms with Gasteiger partial charge in [0.05, 0.1) is 5.69 Å². The van der Waals surface area contributed by atoms with Gasteiger partial charge in [-0.2, -0.15) is 0 Å². The van der Waals surface area contributed by atoms with Gasteiger partial charge in [0.1, 0.15) is 0 Å². The Morgan fingerprint density at radius 2 is 1.57 bits per heavy atom. The van der Waals surface area contributed by atoms with Crippen molar-refractivity contribution in [2.75, 3.05) is 18.0 Å². The Labute approximate surface area is 214 Å². The lowest BCUT2D eigenvalue weighted by Crippen LogP contribution is -2.32. The molecule has 35 heavy (non-hydrogen) atoms. The number of amides is 1. The largest absolute Gasteiger partial charge is 0.312 e. The highest BCUT2D eigenvalue weighted by atomic mass is 35.5. The van der Waals surface area contributed by atoms with Crippen LogP contribution in [-0.4, -0.2) is 24.8 Å². The highest BCUT2D eigenvalue weighted by Gasteiger charge is 2.31. The highest BCUT2D eigenvalue weighted by Crippen LogP contribution is 2.37. The molecular weight excluding hydrogens is 456 g/mol. The first-order valence-electron chi connectivity index (χ1n) is 12.5. The van der Waals surface area contributed by atoms with Crippen molar-refractivity contribution >= 4 is 29.8 Å². The number of halogens is 1. The summed E-state index contributed by atoms with van der Waals surface area (Å²) in [6.45, 7) is 1.64. The normalized spacial score (nSPS) is 14.9. The van der Waals surface area contributed by atoms with Crippen molar-refractivity contribution in [3.63, 3.8) is 0 Å². The lowest BCUT2D eigenvalue weighted by molar-refractivity contribution is -0.118. The zero-order valence-electron chi connectivity index (χ0n) is 20.0. The van der Waals surface area contributed by atoms with Crippen molar-refractivity contribution < 1.29 is 9.59 Å².